The predicted octanol–water partition coefficient (Wildman–Crippen LogP) is 10.1. The molecule has 1 saturated heterocycles. The first-order valence-corrected chi connectivity index (χ1v) is 20.2. The van der Waals surface area contributed by atoms with Crippen LogP contribution in [0.2, 0.25) is 0 Å². The first kappa shape index (κ1) is 42.2. The van der Waals surface area contributed by atoms with E-state index in [9.17, 15) is 32.7 Å². The molecule has 63 heavy (non-hydrogen) atoms. The molecule has 1 aromatic heterocycles. The number of nitrogens with zero attached hydrogens (tertiary/aromatic N) is 4. The Morgan fingerprint density at radius 3 is 2.17 bits per heavy atom. The summed E-state index contributed by atoms with van der Waals surface area (Å²) >= 11 is 0. The SMILES string of the molecule is CONC(=O)c1ccccc1Nc1nc(Nc2ccc(CN(C(=O)OCC3c4ccccc4-c4ccccc43)c3ccccc3C3CCCN(C(=O)O)C3)cc2)ncc1C(F)(F)F. The van der Waals surface area contributed by atoms with E-state index in [2.05, 4.69) is 38.2 Å². The molecule has 2 heterocycles. The fourth-order valence-electron chi connectivity index (χ4n) is 8.22. The number of alkyl halides is 3. The number of carboxylic acid groups (broad SMARTS) is 1. The van der Waals surface area contributed by atoms with E-state index in [1.165, 1.54) is 24.1 Å². The average Bonchev–Trinajstić information content (AvgIpc) is 3.61. The topological polar surface area (TPSA) is 158 Å². The third-order valence-corrected chi connectivity index (χ3v) is 11.2. The minimum Gasteiger partial charge on any atom is -0.465 e. The number of anilines is 5. The number of carbonyl (C=O) groups is 3. The van der Waals surface area contributed by atoms with Crippen LogP contribution in [0.3, 0.4) is 0 Å². The molecule has 16 heteroatoms. The van der Waals surface area contributed by atoms with Crippen molar-refractivity contribution in [3.05, 3.63) is 161 Å². The minimum atomic E-state index is -4.82. The molecule has 6 aromatic rings. The molecule has 1 aliphatic heterocycles. The van der Waals surface area contributed by atoms with Crippen LogP contribution in [0.4, 0.5) is 51.6 Å². The summed E-state index contributed by atoms with van der Waals surface area (Å²) in [6.45, 7) is 0.871. The fourth-order valence-corrected chi connectivity index (χ4v) is 8.22. The van der Waals surface area contributed by atoms with Gasteiger partial charge in [-0.05, 0) is 76.6 Å². The molecule has 1 fully saturated rings. The van der Waals surface area contributed by atoms with Crippen molar-refractivity contribution in [2.75, 3.05) is 42.3 Å². The van der Waals surface area contributed by atoms with Crippen molar-refractivity contribution in [1.29, 1.82) is 0 Å². The van der Waals surface area contributed by atoms with Crippen molar-refractivity contribution in [1.82, 2.24) is 20.3 Å². The Hall–Kier alpha value is -7.46. The van der Waals surface area contributed by atoms with E-state index in [1.807, 2.05) is 60.7 Å². The van der Waals surface area contributed by atoms with Crippen molar-refractivity contribution < 1.29 is 42.2 Å². The number of para-hydroxylation sites is 2. The number of hydrogen-bond acceptors (Lipinski definition) is 9. The van der Waals surface area contributed by atoms with E-state index in [0.29, 0.717) is 36.1 Å². The van der Waals surface area contributed by atoms with Crippen LogP contribution in [-0.4, -0.2) is 64.9 Å². The normalized spacial score (nSPS) is 14.6. The third kappa shape index (κ3) is 9.26. The second-order valence-electron chi connectivity index (χ2n) is 15.1. The van der Waals surface area contributed by atoms with E-state index in [4.69, 9.17) is 9.57 Å². The van der Waals surface area contributed by atoms with Gasteiger partial charge in [0.15, 0.2) is 0 Å². The van der Waals surface area contributed by atoms with Crippen LogP contribution in [-0.2, 0) is 22.3 Å². The molecule has 0 saturated carbocycles. The van der Waals surface area contributed by atoms with Gasteiger partial charge in [0.05, 0.1) is 30.6 Å². The van der Waals surface area contributed by atoms with Gasteiger partial charge in [-0.15, -0.1) is 0 Å². The molecule has 1 unspecified atom stereocenters. The molecule has 322 valence electrons. The van der Waals surface area contributed by atoms with Crippen LogP contribution < -0.4 is 21.0 Å². The van der Waals surface area contributed by atoms with Gasteiger partial charge in [0.1, 0.15) is 18.0 Å². The highest BCUT2D eigenvalue weighted by molar-refractivity contribution is 5.99. The summed E-state index contributed by atoms with van der Waals surface area (Å²) in [5.41, 5.74) is 7.95. The largest absolute Gasteiger partial charge is 0.465 e. The zero-order chi connectivity index (χ0) is 44.1. The number of ether oxygens (including phenoxy) is 1. The van der Waals surface area contributed by atoms with Crippen molar-refractivity contribution in [3.63, 3.8) is 0 Å². The molecule has 0 bridgehead atoms. The lowest BCUT2D eigenvalue weighted by Crippen LogP contribution is -2.39. The van der Waals surface area contributed by atoms with Gasteiger partial charge >= 0.3 is 18.4 Å². The van der Waals surface area contributed by atoms with Crippen LogP contribution in [0.15, 0.2) is 128 Å². The standard InChI is InChI=1S/C47H42F3N7O6/c1-62-55-43(58)37-17-6-8-18-40(37)53-42-39(47(48,49)50)25-51-44(54-42)52-31-22-20-29(21-23-31)26-57(41-19-9-7-12-32(41)30-11-10-24-56(27-30)45(59)60)46(61)63-28-38-35-15-4-2-13-33(35)34-14-3-5-16-36(34)38/h2-9,12-23,25,30,38H,10-11,24,26-28H2,1H3,(H,55,58)(H,59,60)(H2,51,52,53,54). The van der Waals surface area contributed by atoms with Gasteiger partial charge in [0, 0.05) is 36.8 Å². The van der Waals surface area contributed by atoms with Crippen LogP contribution >= 0.6 is 0 Å². The van der Waals surface area contributed by atoms with Gasteiger partial charge < -0.3 is 25.4 Å². The highest BCUT2D eigenvalue weighted by Gasteiger charge is 2.36. The molecule has 1 aliphatic carbocycles. The van der Waals surface area contributed by atoms with Crippen molar-refractivity contribution in [2.45, 2.75) is 37.4 Å². The molecule has 3 amide bonds. The summed E-state index contributed by atoms with van der Waals surface area (Å²) in [6, 6.07) is 36.4. The molecule has 2 aliphatic rings. The Kier molecular flexibility index (Phi) is 12.2. The molecule has 1 atom stereocenters. The summed E-state index contributed by atoms with van der Waals surface area (Å²) in [4.78, 5) is 54.7. The van der Waals surface area contributed by atoms with E-state index in [-0.39, 0.29) is 48.7 Å². The maximum Gasteiger partial charge on any atom is 0.421 e. The van der Waals surface area contributed by atoms with Crippen LogP contribution in [0.25, 0.3) is 11.1 Å². The van der Waals surface area contributed by atoms with Gasteiger partial charge in [-0.1, -0.05) is 91.0 Å². The Morgan fingerprint density at radius 2 is 1.49 bits per heavy atom. The van der Waals surface area contributed by atoms with E-state index < -0.39 is 35.7 Å². The number of likely N-dealkylation sites (tertiary alicyclic amines) is 1. The molecular weight excluding hydrogens is 816 g/mol. The number of benzene rings is 5. The molecule has 0 radical (unpaired) electrons. The van der Waals surface area contributed by atoms with Gasteiger partial charge in [0.25, 0.3) is 5.91 Å². The van der Waals surface area contributed by atoms with Crippen molar-refractivity contribution >= 4 is 46.9 Å². The smallest absolute Gasteiger partial charge is 0.421 e. The maximum atomic E-state index is 14.5. The van der Waals surface area contributed by atoms with Crippen molar-refractivity contribution in [2.24, 2.45) is 0 Å². The predicted molar refractivity (Wildman–Crippen MR) is 230 cm³/mol. The number of halogens is 3. The number of nitrogens with one attached hydrogen (secondary N) is 3. The molecule has 4 N–H and O–H groups in total. The van der Waals surface area contributed by atoms with E-state index in [0.717, 1.165) is 34.2 Å². The second kappa shape index (κ2) is 18.3. The number of rotatable bonds is 12. The first-order valence-electron chi connectivity index (χ1n) is 20.2. The summed E-state index contributed by atoms with van der Waals surface area (Å²) in [7, 11) is 1.24. The van der Waals surface area contributed by atoms with Crippen LogP contribution in [0.5, 0.6) is 0 Å². The van der Waals surface area contributed by atoms with E-state index >= 15 is 0 Å². The molecule has 5 aromatic carbocycles. The zero-order valence-electron chi connectivity index (χ0n) is 33.9. The average molecular weight is 858 g/mol. The summed E-state index contributed by atoms with van der Waals surface area (Å²) in [5, 5.41) is 15.4. The number of hydroxylamine groups is 1. The summed E-state index contributed by atoms with van der Waals surface area (Å²) in [6.07, 6.45) is -4.35. The quantitative estimate of drug-likeness (QED) is 0.0873. The second-order valence-corrected chi connectivity index (χ2v) is 15.1. The minimum absolute atomic E-state index is 0.0203. The molecule has 0 spiro atoms. The summed E-state index contributed by atoms with van der Waals surface area (Å²) in [5.74, 6) is -1.77. The third-order valence-electron chi connectivity index (χ3n) is 11.2. The van der Waals surface area contributed by atoms with Crippen molar-refractivity contribution in [3.8, 4) is 11.1 Å². The maximum absolute atomic E-state index is 14.5. The molecule has 13 nitrogen and oxygen atoms in total. The highest BCUT2D eigenvalue weighted by atomic mass is 19.4. The van der Waals surface area contributed by atoms with Crippen LogP contribution in [0.1, 0.15) is 62.9 Å². The zero-order valence-corrected chi connectivity index (χ0v) is 33.9. The number of amides is 3. The molecule has 8 rings (SSSR count). The molecular formula is C47H42F3N7O6. The number of piperidine rings is 1. The lowest BCUT2D eigenvalue weighted by Gasteiger charge is -2.34. The Morgan fingerprint density at radius 1 is 0.841 bits per heavy atom. The Labute approximate surface area is 360 Å². The Balaban J connectivity index is 1.06. The highest BCUT2D eigenvalue weighted by Crippen LogP contribution is 2.45. The Bertz CT molecular complexity index is 2600. The van der Waals surface area contributed by atoms with Gasteiger partial charge in [0.2, 0.25) is 5.95 Å². The van der Waals surface area contributed by atoms with E-state index in [1.54, 1.807) is 41.3 Å². The van der Waals surface area contributed by atoms with Crippen LogP contribution in [0, 0.1) is 0 Å². The summed E-state index contributed by atoms with van der Waals surface area (Å²) < 4.78 is 48.6. The first-order chi connectivity index (χ1) is 30.5. The number of hydrogen-bond donors (Lipinski definition) is 4. The number of fused-ring (bicyclic) bond motifs is 3. The fraction of sp³-hybridized carbons (Fsp3) is 0.213. The van der Waals surface area contributed by atoms with Gasteiger partial charge in [-0.25, -0.2) is 20.1 Å². The lowest BCUT2D eigenvalue weighted by atomic mass is 9.89. The number of carbonyl (C=O) groups excluding carboxylic acids is 2. The van der Waals surface area contributed by atoms with Gasteiger partial charge in [-0.3, -0.25) is 14.5 Å². The number of aromatic nitrogens is 2. The lowest BCUT2D eigenvalue weighted by molar-refractivity contribution is -0.137. The van der Waals surface area contributed by atoms with Gasteiger partial charge in [-0.2, -0.15) is 18.2 Å². The monoisotopic (exact) mass is 857 g/mol.